The van der Waals surface area contributed by atoms with E-state index in [9.17, 15) is 0 Å². The highest BCUT2D eigenvalue weighted by Gasteiger charge is 2.48. The molecule has 0 spiro atoms. The second-order valence-corrected chi connectivity index (χ2v) is 5.77. The van der Waals surface area contributed by atoms with Crippen LogP contribution in [0.3, 0.4) is 0 Å². The third-order valence-corrected chi connectivity index (χ3v) is 4.94. The minimum Gasteiger partial charge on any atom is -0.381 e. The van der Waals surface area contributed by atoms with Crippen LogP contribution in [0.2, 0.25) is 0 Å². The van der Waals surface area contributed by atoms with Crippen molar-refractivity contribution in [2.24, 2.45) is 5.92 Å². The number of hydrogen-bond donors (Lipinski definition) is 1. The molecule has 1 aromatic carbocycles. The van der Waals surface area contributed by atoms with Crippen molar-refractivity contribution in [1.29, 1.82) is 0 Å². The highest BCUT2D eigenvalue weighted by molar-refractivity contribution is 5.31. The molecular formula is C16H23NO. The maximum Gasteiger partial charge on any atom is 0.0510 e. The summed E-state index contributed by atoms with van der Waals surface area (Å²) in [5.41, 5.74) is 1.87. The molecule has 1 aliphatic carbocycles. The molecule has 2 fully saturated rings. The van der Waals surface area contributed by atoms with E-state index in [0.717, 1.165) is 13.2 Å². The molecule has 2 unspecified atom stereocenters. The molecule has 98 valence electrons. The fraction of sp³-hybridized carbons (Fsp3) is 0.625. The van der Waals surface area contributed by atoms with Crippen molar-refractivity contribution in [2.75, 3.05) is 20.3 Å². The molecule has 1 saturated heterocycles. The summed E-state index contributed by atoms with van der Waals surface area (Å²) >= 11 is 0. The number of likely N-dealkylation sites (N-methyl/N-ethyl adjacent to an activating group) is 1. The van der Waals surface area contributed by atoms with Gasteiger partial charge >= 0.3 is 0 Å². The Labute approximate surface area is 110 Å². The molecule has 1 saturated carbocycles. The van der Waals surface area contributed by atoms with Crippen LogP contribution in [0.15, 0.2) is 30.3 Å². The zero-order valence-corrected chi connectivity index (χ0v) is 11.2. The normalized spacial score (nSPS) is 27.7. The van der Waals surface area contributed by atoms with E-state index in [1.807, 2.05) is 0 Å². The molecule has 0 amide bonds. The highest BCUT2D eigenvalue weighted by atomic mass is 16.5. The van der Waals surface area contributed by atoms with Gasteiger partial charge in [-0.05, 0) is 31.9 Å². The molecule has 1 N–H and O–H groups in total. The molecule has 0 radical (unpaired) electrons. The third kappa shape index (κ3) is 1.88. The zero-order valence-electron chi connectivity index (χ0n) is 11.2. The molecule has 3 rings (SSSR count). The van der Waals surface area contributed by atoms with E-state index in [1.54, 1.807) is 0 Å². The Bertz CT molecular complexity index is 379. The number of ether oxygens (including phenoxy) is 1. The molecule has 0 bridgehead atoms. The van der Waals surface area contributed by atoms with Crippen molar-refractivity contribution in [1.82, 2.24) is 5.32 Å². The molecule has 1 aliphatic heterocycles. The van der Waals surface area contributed by atoms with E-state index in [4.69, 9.17) is 4.74 Å². The fourth-order valence-electron chi connectivity index (χ4n) is 3.89. The maximum absolute atomic E-state index is 5.60. The smallest absolute Gasteiger partial charge is 0.0510 e. The predicted molar refractivity (Wildman–Crippen MR) is 73.7 cm³/mol. The molecule has 2 aliphatic rings. The molecule has 0 aromatic heterocycles. The van der Waals surface area contributed by atoms with Gasteiger partial charge in [-0.3, -0.25) is 0 Å². The first kappa shape index (κ1) is 12.2. The van der Waals surface area contributed by atoms with Gasteiger partial charge in [-0.1, -0.05) is 36.8 Å². The van der Waals surface area contributed by atoms with Crippen LogP contribution in [0.5, 0.6) is 0 Å². The minimum absolute atomic E-state index is 0.356. The van der Waals surface area contributed by atoms with Gasteiger partial charge in [0.2, 0.25) is 0 Å². The Balaban J connectivity index is 1.90. The van der Waals surface area contributed by atoms with Crippen LogP contribution in [-0.2, 0) is 10.2 Å². The Morgan fingerprint density at radius 1 is 1.28 bits per heavy atom. The van der Waals surface area contributed by atoms with Gasteiger partial charge in [0.05, 0.1) is 6.61 Å². The molecule has 2 nitrogen and oxygen atoms in total. The second kappa shape index (κ2) is 5.02. The van der Waals surface area contributed by atoms with Crippen LogP contribution >= 0.6 is 0 Å². The van der Waals surface area contributed by atoms with Crippen molar-refractivity contribution in [3.8, 4) is 0 Å². The lowest BCUT2D eigenvalue weighted by Gasteiger charge is -2.50. The number of hydrogen-bond acceptors (Lipinski definition) is 2. The van der Waals surface area contributed by atoms with Crippen molar-refractivity contribution >= 4 is 0 Å². The van der Waals surface area contributed by atoms with Crippen LogP contribution < -0.4 is 5.32 Å². The summed E-state index contributed by atoms with van der Waals surface area (Å²) in [4.78, 5) is 0. The summed E-state index contributed by atoms with van der Waals surface area (Å²) in [6, 6.07) is 11.6. The van der Waals surface area contributed by atoms with Gasteiger partial charge in [-0.15, -0.1) is 0 Å². The SMILES string of the molecule is CNC(C1CCOC1)C1(c2ccccc2)CCC1. The van der Waals surface area contributed by atoms with E-state index in [-0.39, 0.29) is 0 Å². The zero-order chi connectivity index (χ0) is 12.4. The number of benzene rings is 1. The summed E-state index contributed by atoms with van der Waals surface area (Å²) in [7, 11) is 2.12. The van der Waals surface area contributed by atoms with Crippen molar-refractivity contribution in [3.63, 3.8) is 0 Å². The van der Waals surface area contributed by atoms with Gasteiger partial charge in [-0.2, -0.15) is 0 Å². The van der Waals surface area contributed by atoms with Crippen LogP contribution in [0.4, 0.5) is 0 Å². The molecule has 2 heteroatoms. The van der Waals surface area contributed by atoms with Crippen LogP contribution in [-0.4, -0.2) is 26.3 Å². The lowest BCUT2D eigenvalue weighted by molar-refractivity contribution is 0.113. The first-order valence-corrected chi connectivity index (χ1v) is 7.17. The Kier molecular flexibility index (Phi) is 3.40. The van der Waals surface area contributed by atoms with Crippen molar-refractivity contribution in [2.45, 2.75) is 37.1 Å². The van der Waals surface area contributed by atoms with Gasteiger partial charge < -0.3 is 10.1 Å². The summed E-state index contributed by atoms with van der Waals surface area (Å²) in [5.74, 6) is 0.676. The maximum atomic E-state index is 5.60. The molecule has 1 aromatic rings. The van der Waals surface area contributed by atoms with E-state index in [1.165, 1.54) is 31.2 Å². The van der Waals surface area contributed by atoms with Gasteiger partial charge in [0.1, 0.15) is 0 Å². The number of nitrogens with one attached hydrogen (secondary N) is 1. The largest absolute Gasteiger partial charge is 0.381 e. The van der Waals surface area contributed by atoms with Gasteiger partial charge in [0, 0.05) is 24.0 Å². The average molecular weight is 245 g/mol. The second-order valence-electron chi connectivity index (χ2n) is 5.77. The fourth-order valence-corrected chi connectivity index (χ4v) is 3.89. The number of rotatable bonds is 4. The first-order chi connectivity index (χ1) is 8.87. The monoisotopic (exact) mass is 245 g/mol. The molecule has 2 atom stereocenters. The Morgan fingerprint density at radius 3 is 2.56 bits per heavy atom. The van der Waals surface area contributed by atoms with Gasteiger partial charge in [0.25, 0.3) is 0 Å². The molecular weight excluding hydrogens is 222 g/mol. The van der Waals surface area contributed by atoms with Crippen molar-refractivity contribution in [3.05, 3.63) is 35.9 Å². The van der Waals surface area contributed by atoms with E-state index in [2.05, 4.69) is 42.7 Å². The topological polar surface area (TPSA) is 21.3 Å². The predicted octanol–water partition coefficient (Wildman–Crippen LogP) is 2.73. The summed E-state index contributed by atoms with van der Waals surface area (Å²) in [6.45, 7) is 1.87. The van der Waals surface area contributed by atoms with E-state index < -0.39 is 0 Å². The Hall–Kier alpha value is -0.860. The quantitative estimate of drug-likeness (QED) is 0.880. The van der Waals surface area contributed by atoms with Crippen molar-refractivity contribution < 1.29 is 4.74 Å². The van der Waals surface area contributed by atoms with Gasteiger partial charge in [0.15, 0.2) is 0 Å². The van der Waals surface area contributed by atoms with Crippen LogP contribution in [0.1, 0.15) is 31.2 Å². The standard InChI is InChI=1S/C16H23NO/c1-17-15(13-8-11-18-12-13)16(9-5-10-16)14-6-3-2-4-7-14/h2-4,6-7,13,15,17H,5,8-12H2,1H3. The summed E-state index contributed by atoms with van der Waals surface area (Å²) in [6.07, 6.45) is 5.21. The van der Waals surface area contributed by atoms with Crippen LogP contribution in [0, 0.1) is 5.92 Å². The summed E-state index contributed by atoms with van der Waals surface area (Å²) < 4.78 is 5.60. The lowest BCUT2D eigenvalue weighted by atomic mass is 9.57. The first-order valence-electron chi connectivity index (χ1n) is 7.17. The van der Waals surface area contributed by atoms with E-state index >= 15 is 0 Å². The molecule has 18 heavy (non-hydrogen) atoms. The minimum atomic E-state index is 0.356. The lowest BCUT2D eigenvalue weighted by Crippen LogP contribution is -2.55. The van der Waals surface area contributed by atoms with E-state index in [0.29, 0.717) is 17.4 Å². The van der Waals surface area contributed by atoms with Crippen LogP contribution in [0.25, 0.3) is 0 Å². The average Bonchev–Trinajstić information content (AvgIpc) is 2.88. The summed E-state index contributed by atoms with van der Waals surface area (Å²) in [5, 5.41) is 3.61. The highest BCUT2D eigenvalue weighted by Crippen LogP contribution is 2.49. The third-order valence-electron chi connectivity index (χ3n) is 4.94. The van der Waals surface area contributed by atoms with Gasteiger partial charge in [-0.25, -0.2) is 0 Å². The molecule has 1 heterocycles. The Morgan fingerprint density at radius 2 is 2.06 bits per heavy atom.